The summed E-state index contributed by atoms with van der Waals surface area (Å²) < 4.78 is 46.6. The molecule has 2 aromatic rings. The molecule has 0 unspecified atom stereocenters. The van der Waals surface area contributed by atoms with E-state index in [9.17, 15) is 22.7 Å². The van der Waals surface area contributed by atoms with Crippen molar-refractivity contribution in [2.24, 2.45) is 5.92 Å². The molecule has 3 atom stereocenters. The smallest absolute Gasteiger partial charge is 0.259 e. The molecule has 1 N–H and O–H groups in total. The Bertz CT molecular complexity index is 1150. The van der Waals surface area contributed by atoms with Crippen molar-refractivity contribution in [3.63, 3.8) is 0 Å². The second-order valence-corrected chi connectivity index (χ2v) is 10.5. The number of fused-ring (bicyclic) bond motifs is 1. The number of benzene rings is 1. The first-order chi connectivity index (χ1) is 16.1. The number of halogens is 1. The average molecular weight is 492 g/mol. The number of aliphatic hydroxyl groups is 1. The van der Waals surface area contributed by atoms with Gasteiger partial charge in [-0.25, -0.2) is 17.8 Å². The average Bonchev–Trinajstić information content (AvgIpc) is 2.81. The molecule has 1 aliphatic heterocycles. The Balaban J connectivity index is 1.97. The van der Waals surface area contributed by atoms with E-state index < -0.39 is 28.0 Å². The maximum atomic E-state index is 13.3. The first-order valence-electron chi connectivity index (χ1n) is 11.0. The Kier molecular flexibility index (Phi) is 8.06. The number of sulfonamides is 1. The summed E-state index contributed by atoms with van der Waals surface area (Å²) in [5.41, 5.74) is 0.966. The summed E-state index contributed by atoms with van der Waals surface area (Å²) in [4.78, 5) is 19.2. The molecular formula is C24H30FN3O5S. The number of nitrogens with zero attached hydrogens (tertiary/aromatic N) is 3. The monoisotopic (exact) mass is 491 g/mol. The van der Waals surface area contributed by atoms with Gasteiger partial charge in [-0.3, -0.25) is 4.79 Å². The highest BCUT2D eigenvalue weighted by Crippen LogP contribution is 2.28. The van der Waals surface area contributed by atoms with Crippen LogP contribution in [0.2, 0.25) is 0 Å². The molecule has 1 aromatic heterocycles. The van der Waals surface area contributed by atoms with Crippen molar-refractivity contribution >= 4 is 22.0 Å². The molecule has 1 aromatic carbocycles. The molecule has 184 valence electrons. The lowest BCUT2D eigenvalue weighted by molar-refractivity contribution is 0.0373. The highest BCUT2D eigenvalue weighted by atomic mass is 32.2. The number of carbonyl (C=O) groups excluding carboxylic acids is 1. The molecule has 0 spiro atoms. The normalized spacial score (nSPS) is 20.1. The van der Waals surface area contributed by atoms with Crippen molar-refractivity contribution in [2.75, 3.05) is 26.7 Å². The summed E-state index contributed by atoms with van der Waals surface area (Å²) in [6, 6.07) is 5.84. The van der Waals surface area contributed by atoms with Gasteiger partial charge >= 0.3 is 0 Å². The second kappa shape index (κ2) is 10.6. The van der Waals surface area contributed by atoms with E-state index in [1.807, 2.05) is 26.0 Å². The van der Waals surface area contributed by atoms with Gasteiger partial charge in [0, 0.05) is 25.7 Å². The van der Waals surface area contributed by atoms with Crippen LogP contribution in [0.5, 0.6) is 5.88 Å². The lowest BCUT2D eigenvalue weighted by atomic mass is 10.00. The van der Waals surface area contributed by atoms with Gasteiger partial charge in [0.2, 0.25) is 15.9 Å². The number of carbonyl (C=O) groups is 1. The molecule has 0 bridgehead atoms. The molecule has 0 saturated carbocycles. The number of aromatic nitrogens is 1. The highest BCUT2D eigenvalue weighted by molar-refractivity contribution is 7.89. The van der Waals surface area contributed by atoms with Gasteiger partial charge in [0.05, 0.1) is 24.1 Å². The van der Waals surface area contributed by atoms with Gasteiger partial charge < -0.3 is 14.7 Å². The Morgan fingerprint density at radius 3 is 2.65 bits per heavy atom. The number of amides is 1. The fourth-order valence-electron chi connectivity index (χ4n) is 3.76. The van der Waals surface area contributed by atoms with Crippen LogP contribution >= 0.6 is 0 Å². The summed E-state index contributed by atoms with van der Waals surface area (Å²) in [7, 11) is -2.47. The Labute approximate surface area is 199 Å². The molecule has 10 heteroatoms. The van der Waals surface area contributed by atoms with Gasteiger partial charge in [0.25, 0.3) is 5.91 Å². The van der Waals surface area contributed by atoms with Crippen molar-refractivity contribution in [2.45, 2.75) is 37.8 Å². The van der Waals surface area contributed by atoms with Crippen LogP contribution in [0.15, 0.2) is 47.5 Å². The minimum atomic E-state index is -3.90. The zero-order chi connectivity index (χ0) is 25.0. The zero-order valence-corrected chi connectivity index (χ0v) is 20.5. The maximum Gasteiger partial charge on any atom is 0.259 e. The standard InChI is InChI=1S/C24H30FN3O5S/c1-5-6-18-11-21-23(26-12-18)33-22(16(2)13-28(24(21)30)17(3)15-29)14-27(4)34(31,32)20-9-7-19(25)8-10-20/h5-12,16-17,22,29H,13-15H2,1-4H3/b6-5+/t16-,17-,22-/m0/s1. The predicted molar refractivity (Wildman–Crippen MR) is 126 cm³/mol. The van der Waals surface area contributed by atoms with Crippen LogP contribution in [-0.4, -0.2) is 72.5 Å². The first kappa shape index (κ1) is 25.8. The third kappa shape index (κ3) is 5.45. The molecule has 8 nitrogen and oxygen atoms in total. The minimum Gasteiger partial charge on any atom is -0.472 e. The maximum absolute atomic E-state index is 13.3. The van der Waals surface area contributed by atoms with Gasteiger partial charge in [-0.1, -0.05) is 19.1 Å². The molecule has 1 amide bonds. The lowest BCUT2D eigenvalue weighted by Gasteiger charge is -2.37. The Hall–Kier alpha value is -2.82. The summed E-state index contributed by atoms with van der Waals surface area (Å²) in [6.45, 7) is 5.46. The molecule has 3 rings (SSSR count). The van der Waals surface area contributed by atoms with Crippen LogP contribution in [0.25, 0.3) is 6.08 Å². The van der Waals surface area contributed by atoms with Crippen LogP contribution in [0.4, 0.5) is 4.39 Å². The molecule has 1 aliphatic rings. The van der Waals surface area contributed by atoms with Crippen LogP contribution < -0.4 is 4.74 Å². The predicted octanol–water partition coefficient (Wildman–Crippen LogP) is 2.79. The highest BCUT2D eigenvalue weighted by Gasteiger charge is 2.35. The van der Waals surface area contributed by atoms with Crippen LogP contribution in [-0.2, 0) is 10.0 Å². The van der Waals surface area contributed by atoms with Crippen molar-refractivity contribution in [1.82, 2.24) is 14.2 Å². The number of likely N-dealkylation sites (N-methyl/N-ethyl adjacent to an activating group) is 1. The van der Waals surface area contributed by atoms with Crippen LogP contribution in [0, 0.1) is 11.7 Å². The van der Waals surface area contributed by atoms with Crippen molar-refractivity contribution in [1.29, 1.82) is 0 Å². The molecular weight excluding hydrogens is 461 g/mol. The number of pyridine rings is 1. The van der Waals surface area contributed by atoms with Crippen LogP contribution in [0.3, 0.4) is 0 Å². The molecule has 0 aliphatic carbocycles. The summed E-state index contributed by atoms with van der Waals surface area (Å²) in [5.74, 6) is -1.01. The van der Waals surface area contributed by atoms with E-state index in [1.54, 1.807) is 24.1 Å². The van der Waals surface area contributed by atoms with E-state index in [0.717, 1.165) is 22.0 Å². The lowest BCUT2D eigenvalue weighted by Crippen LogP contribution is -2.50. The quantitative estimate of drug-likeness (QED) is 0.639. The summed E-state index contributed by atoms with van der Waals surface area (Å²) in [6.07, 6.45) is 4.57. The molecule has 0 saturated heterocycles. The van der Waals surface area contributed by atoms with Gasteiger partial charge in [-0.15, -0.1) is 0 Å². The fourth-order valence-corrected chi connectivity index (χ4v) is 4.94. The number of allylic oxidation sites excluding steroid dienone is 1. The fraction of sp³-hybridized carbons (Fsp3) is 0.417. The molecule has 0 radical (unpaired) electrons. The van der Waals surface area contributed by atoms with Crippen molar-refractivity contribution in [3.8, 4) is 5.88 Å². The van der Waals surface area contributed by atoms with E-state index in [1.165, 1.54) is 19.2 Å². The van der Waals surface area contributed by atoms with E-state index in [4.69, 9.17) is 4.74 Å². The van der Waals surface area contributed by atoms with E-state index in [2.05, 4.69) is 4.98 Å². The van der Waals surface area contributed by atoms with Gasteiger partial charge in [0.15, 0.2) is 0 Å². The van der Waals surface area contributed by atoms with E-state index >= 15 is 0 Å². The third-order valence-electron chi connectivity index (χ3n) is 5.86. The number of hydrogen-bond acceptors (Lipinski definition) is 6. The Morgan fingerprint density at radius 1 is 1.35 bits per heavy atom. The van der Waals surface area contributed by atoms with E-state index in [0.29, 0.717) is 0 Å². The third-order valence-corrected chi connectivity index (χ3v) is 7.70. The van der Waals surface area contributed by atoms with Gasteiger partial charge in [0.1, 0.15) is 17.5 Å². The summed E-state index contributed by atoms with van der Waals surface area (Å²) in [5, 5.41) is 9.74. The first-order valence-corrected chi connectivity index (χ1v) is 12.5. The number of hydrogen-bond donors (Lipinski definition) is 1. The zero-order valence-electron chi connectivity index (χ0n) is 19.7. The molecule has 34 heavy (non-hydrogen) atoms. The van der Waals surface area contributed by atoms with Crippen molar-refractivity contribution in [3.05, 3.63) is 59.5 Å². The number of ether oxygens (including phenoxy) is 1. The van der Waals surface area contributed by atoms with Gasteiger partial charge in [-0.2, -0.15) is 4.31 Å². The molecule has 2 heterocycles. The van der Waals surface area contributed by atoms with Crippen LogP contribution in [0.1, 0.15) is 36.7 Å². The number of aliphatic hydroxyl groups excluding tert-OH is 1. The van der Waals surface area contributed by atoms with Gasteiger partial charge in [-0.05, 0) is 49.7 Å². The summed E-state index contributed by atoms with van der Waals surface area (Å²) >= 11 is 0. The number of rotatable bonds is 7. The Morgan fingerprint density at radius 2 is 2.03 bits per heavy atom. The molecule has 0 fully saturated rings. The largest absolute Gasteiger partial charge is 0.472 e. The second-order valence-electron chi connectivity index (χ2n) is 8.48. The SMILES string of the molecule is C/C=C/c1cnc2c(c1)C(=O)N([C@@H](C)CO)C[C@H](C)[C@H](CN(C)S(=O)(=O)c1ccc(F)cc1)O2. The minimum absolute atomic E-state index is 0.0197. The van der Waals surface area contributed by atoms with Crippen molar-refractivity contribution < 1.29 is 27.4 Å². The van der Waals surface area contributed by atoms with E-state index in [-0.39, 0.29) is 47.9 Å². The topological polar surface area (TPSA) is 100 Å².